The molecule has 0 aliphatic heterocycles. The van der Waals surface area contributed by atoms with Gasteiger partial charge in [0.1, 0.15) is 0 Å². The topological polar surface area (TPSA) is 38.7 Å². The number of hydrogen-bond acceptors (Lipinski definition) is 3. The van der Waals surface area contributed by atoms with Crippen molar-refractivity contribution >= 4 is 0 Å². The highest BCUT2D eigenvalue weighted by Gasteiger charge is 2.46. The third kappa shape index (κ3) is 4.09. The minimum atomic E-state index is -0.493. The first-order valence-corrected chi connectivity index (χ1v) is 15.0. The van der Waals surface area contributed by atoms with Crippen LogP contribution in [0.1, 0.15) is 27.8 Å². The maximum absolute atomic E-state index is 5.06. The Labute approximate surface area is 257 Å². The molecule has 0 amide bonds. The molecule has 1 aliphatic rings. The van der Waals surface area contributed by atoms with Gasteiger partial charge in [0.25, 0.3) is 0 Å². The van der Waals surface area contributed by atoms with E-state index in [9.17, 15) is 0 Å². The van der Waals surface area contributed by atoms with Gasteiger partial charge in [-0.15, -0.1) is 0 Å². The Bertz CT molecular complexity index is 2010. The molecule has 0 radical (unpaired) electrons. The molecule has 0 bridgehead atoms. The zero-order valence-electron chi connectivity index (χ0n) is 24.4. The molecule has 1 aliphatic carbocycles. The maximum atomic E-state index is 5.06. The zero-order valence-corrected chi connectivity index (χ0v) is 24.4. The van der Waals surface area contributed by atoms with Crippen molar-refractivity contribution in [2.24, 2.45) is 0 Å². The maximum Gasteiger partial charge on any atom is 0.164 e. The minimum absolute atomic E-state index is 0.493. The van der Waals surface area contributed by atoms with Crippen molar-refractivity contribution in [2.45, 2.75) is 12.3 Å². The van der Waals surface area contributed by atoms with E-state index >= 15 is 0 Å². The molecule has 8 rings (SSSR count). The van der Waals surface area contributed by atoms with E-state index in [0.29, 0.717) is 17.5 Å². The largest absolute Gasteiger partial charge is 0.208 e. The van der Waals surface area contributed by atoms with E-state index in [2.05, 4.69) is 104 Å². The van der Waals surface area contributed by atoms with Crippen molar-refractivity contribution < 1.29 is 0 Å². The molecule has 3 heteroatoms. The van der Waals surface area contributed by atoms with Crippen molar-refractivity contribution in [3.63, 3.8) is 0 Å². The fraction of sp³-hybridized carbons (Fsp3) is 0.0488. The number of aryl methyl sites for hydroxylation is 1. The molecule has 0 atom stereocenters. The monoisotopic (exact) mass is 563 g/mol. The van der Waals surface area contributed by atoms with E-state index in [0.717, 1.165) is 16.7 Å². The average Bonchev–Trinajstić information content (AvgIpc) is 3.41. The number of nitrogens with zero attached hydrogens (tertiary/aromatic N) is 3. The van der Waals surface area contributed by atoms with Gasteiger partial charge in [0.05, 0.1) is 5.41 Å². The van der Waals surface area contributed by atoms with Crippen molar-refractivity contribution in [2.75, 3.05) is 0 Å². The van der Waals surface area contributed by atoms with Crippen LogP contribution in [-0.2, 0) is 5.41 Å². The first kappa shape index (κ1) is 26.0. The Balaban J connectivity index is 1.42. The van der Waals surface area contributed by atoms with Crippen LogP contribution in [0.5, 0.6) is 0 Å². The lowest BCUT2D eigenvalue weighted by atomic mass is 9.67. The molecular formula is C41H29N3. The number of aromatic nitrogens is 3. The molecule has 0 fully saturated rings. The Kier molecular flexibility index (Phi) is 6.23. The lowest BCUT2D eigenvalue weighted by Gasteiger charge is -2.34. The van der Waals surface area contributed by atoms with E-state index in [-0.39, 0.29) is 0 Å². The lowest BCUT2D eigenvalue weighted by Crippen LogP contribution is -2.28. The van der Waals surface area contributed by atoms with Crippen LogP contribution in [0.25, 0.3) is 45.3 Å². The second kappa shape index (κ2) is 10.6. The van der Waals surface area contributed by atoms with Crippen molar-refractivity contribution in [3.05, 3.63) is 186 Å². The van der Waals surface area contributed by atoms with Gasteiger partial charge in [-0.05, 0) is 51.9 Å². The molecule has 0 N–H and O–H groups in total. The molecule has 1 heterocycles. The quantitative estimate of drug-likeness (QED) is 0.209. The third-order valence-electron chi connectivity index (χ3n) is 8.74. The van der Waals surface area contributed by atoms with Gasteiger partial charge in [0, 0.05) is 16.7 Å². The van der Waals surface area contributed by atoms with Gasteiger partial charge < -0.3 is 0 Å². The molecule has 0 spiro atoms. The van der Waals surface area contributed by atoms with Gasteiger partial charge in [-0.3, -0.25) is 0 Å². The van der Waals surface area contributed by atoms with Crippen LogP contribution >= 0.6 is 0 Å². The van der Waals surface area contributed by atoms with Crippen LogP contribution in [-0.4, -0.2) is 15.0 Å². The first-order chi connectivity index (χ1) is 21.7. The van der Waals surface area contributed by atoms with Gasteiger partial charge in [-0.25, -0.2) is 15.0 Å². The molecule has 208 valence electrons. The highest BCUT2D eigenvalue weighted by atomic mass is 15.0. The smallest absolute Gasteiger partial charge is 0.164 e. The van der Waals surface area contributed by atoms with Crippen LogP contribution < -0.4 is 0 Å². The van der Waals surface area contributed by atoms with E-state index < -0.39 is 5.41 Å². The van der Waals surface area contributed by atoms with Crippen LogP contribution in [0.2, 0.25) is 0 Å². The Hall–Kier alpha value is -5.67. The Morgan fingerprint density at radius 1 is 0.409 bits per heavy atom. The van der Waals surface area contributed by atoms with E-state index in [1.54, 1.807) is 0 Å². The summed E-state index contributed by atoms with van der Waals surface area (Å²) in [7, 11) is 0. The van der Waals surface area contributed by atoms with Gasteiger partial charge >= 0.3 is 0 Å². The predicted octanol–water partition coefficient (Wildman–Crippen LogP) is 9.54. The Morgan fingerprint density at radius 3 is 1.41 bits per heavy atom. The standard InChI is InChI=1S/C41H29N3/c1-28-15-14-24-35-37(28)34-26-25-31(27-36(34)41(35,32-20-10-4-11-21-32)33-22-12-5-13-23-33)40-43-38(29-16-6-2-7-17-29)42-39(44-40)30-18-8-3-9-19-30/h2-27H,1H3. The van der Waals surface area contributed by atoms with Gasteiger partial charge in [0.2, 0.25) is 0 Å². The average molecular weight is 564 g/mol. The third-order valence-corrected chi connectivity index (χ3v) is 8.74. The first-order valence-electron chi connectivity index (χ1n) is 15.0. The number of benzene rings is 6. The number of hydrogen-bond donors (Lipinski definition) is 0. The summed E-state index contributed by atoms with van der Waals surface area (Å²) in [6.45, 7) is 2.22. The zero-order chi connectivity index (χ0) is 29.5. The van der Waals surface area contributed by atoms with E-state index in [1.165, 1.54) is 38.9 Å². The predicted molar refractivity (Wildman–Crippen MR) is 178 cm³/mol. The summed E-state index contributed by atoms with van der Waals surface area (Å²) >= 11 is 0. The summed E-state index contributed by atoms with van der Waals surface area (Å²) in [4.78, 5) is 15.0. The molecule has 1 aromatic heterocycles. The normalized spacial score (nSPS) is 12.8. The van der Waals surface area contributed by atoms with Crippen molar-refractivity contribution in [1.29, 1.82) is 0 Å². The molecule has 0 unspecified atom stereocenters. The van der Waals surface area contributed by atoms with Crippen LogP contribution in [0.15, 0.2) is 158 Å². The second-order valence-corrected chi connectivity index (χ2v) is 11.3. The summed E-state index contributed by atoms with van der Waals surface area (Å²) in [6.07, 6.45) is 0. The fourth-order valence-electron chi connectivity index (χ4n) is 6.80. The SMILES string of the molecule is Cc1cccc2c1-c1ccc(-c3nc(-c4ccccc4)nc(-c4ccccc4)n3)cc1C2(c1ccccc1)c1ccccc1. The van der Waals surface area contributed by atoms with Gasteiger partial charge in [-0.2, -0.15) is 0 Å². The summed E-state index contributed by atoms with van der Waals surface area (Å²) in [5.41, 5.74) is 11.2. The molecule has 44 heavy (non-hydrogen) atoms. The Morgan fingerprint density at radius 2 is 0.886 bits per heavy atom. The van der Waals surface area contributed by atoms with Crippen molar-refractivity contribution in [1.82, 2.24) is 15.0 Å². The lowest BCUT2D eigenvalue weighted by molar-refractivity contribution is 0.768. The summed E-state index contributed by atoms with van der Waals surface area (Å²) in [5.74, 6) is 1.97. The van der Waals surface area contributed by atoms with Gasteiger partial charge in [0.15, 0.2) is 17.5 Å². The van der Waals surface area contributed by atoms with E-state index in [1.807, 2.05) is 60.7 Å². The molecular weight excluding hydrogens is 534 g/mol. The minimum Gasteiger partial charge on any atom is -0.208 e. The molecule has 0 saturated heterocycles. The summed E-state index contributed by atoms with van der Waals surface area (Å²) in [5, 5.41) is 0. The highest BCUT2D eigenvalue weighted by Crippen LogP contribution is 2.57. The highest BCUT2D eigenvalue weighted by molar-refractivity contribution is 5.89. The van der Waals surface area contributed by atoms with Crippen LogP contribution in [0.4, 0.5) is 0 Å². The van der Waals surface area contributed by atoms with Crippen LogP contribution in [0.3, 0.4) is 0 Å². The molecule has 7 aromatic rings. The van der Waals surface area contributed by atoms with Crippen molar-refractivity contribution in [3.8, 4) is 45.3 Å². The summed E-state index contributed by atoms with van der Waals surface area (Å²) < 4.78 is 0. The molecule has 3 nitrogen and oxygen atoms in total. The van der Waals surface area contributed by atoms with E-state index in [4.69, 9.17) is 15.0 Å². The molecule has 6 aromatic carbocycles. The van der Waals surface area contributed by atoms with Crippen LogP contribution in [0, 0.1) is 6.92 Å². The number of rotatable bonds is 5. The number of fused-ring (bicyclic) bond motifs is 3. The molecule has 0 saturated carbocycles. The second-order valence-electron chi connectivity index (χ2n) is 11.3. The summed E-state index contributed by atoms with van der Waals surface area (Å²) in [6, 6.07) is 55.5. The fourth-order valence-corrected chi connectivity index (χ4v) is 6.80. The van der Waals surface area contributed by atoms with Gasteiger partial charge in [-0.1, -0.05) is 152 Å².